The fraction of sp³-hybridized carbons (Fsp3) is 0.467. The Morgan fingerprint density at radius 2 is 2.00 bits per heavy atom. The van der Waals surface area contributed by atoms with E-state index in [1.165, 1.54) is 10.8 Å². The summed E-state index contributed by atoms with van der Waals surface area (Å²) in [6.07, 6.45) is 4.76. The summed E-state index contributed by atoms with van der Waals surface area (Å²) in [5.41, 5.74) is 1.15. The summed E-state index contributed by atoms with van der Waals surface area (Å²) >= 11 is 0. The number of nitrogens with zero attached hydrogens (tertiary/aromatic N) is 4. The van der Waals surface area contributed by atoms with E-state index in [1.807, 2.05) is 12.4 Å². The first-order valence-corrected chi connectivity index (χ1v) is 6.95. The molecule has 100 valence electrons. The van der Waals surface area contributed by atoms with Gasteiger partial charge in [0, 0.05) is 55.0 Å². The van der Waals surface area contributed by atoms with Crippen LogP contribution < -0.4 is 4.90 Å². The van der Waals surface area contributed by atoms with Crippen molar-refractivity contribution < 1.29 is 0 Å². The number of likely N-dealkylation sites (N-methyl/N-ethyl adjacent to an activating group) is 1. The Morgan fingerprint density at radius 3 is 2.74 bits per heavy atom. The Bertz CT molecular complexity index is 573. The van der Waals surface area contributed by atoms with Crippen LogP contribution in [0, 0.1) is 0 Å². The molecule has 1 aliphatic rings. The van der Waals surface area contributed by atoms with Gasteiger partial charge in [0.2, 0.25) is 0 Å². The molecule has 0 saturated carbocycles. The Morgan fingerprint density at radius 1 is 1.21 bits per heavy atom. The van der Waals surface area contributed by atoms with Gasteiger partial charge in [0.1, 0.15) is 5.82 Å². The number of hydrogen-bond donors (Lipinski definition) is 0. The maximum Gasteiger partial charge on any atom is 0.136 e. The van der Waals surface area contributed by atoms with Crippen molar-refractivity contribution in [2.24, 2.45) is 0 Å². The molecule has 1 fully saturated rings. The molecular formula is C15H20N4. The fourth-order valence-electron chi connectivity index (χ4n) is 2.57. The summed E-state index contributed by atoms with van der Waals surface area (Å²) in [5, 5.41) is 2.42. The fourth-order valence-corrected chi connectivity index (χ4v) is 2.57. The molecule has 0 aromatic carbocycles. The SMILES string of the molecule is CCc1cc2cnccc2c(N2CCN(C)CC2)n1. The highest BCUT2D eigenvalue weighted by Crippen LogP contribution is 2.26. The van der Waals surface area contributed by atoms with Crippen LogP contribution in [0.3, 0.4) is 0 Å². The van der Waals surface area contributed by atoms with Crippen LogP contribution in [0.4, 0.5) is 5.82 Å². The van der Waals surface area contributed by atoms with Gasteiger partial charge in [-0.05, 0) is 25.6 Å². The number of pyridine rings is 2. The van der Waals surface area contributed by atoms with Crippen LogP contribution in [0.5, 0.6) is 0 Å². The summed E-state index contributed by atoms with van der Waals surface area (Å²) in [6.45, 7) is 6.45. The van der Waals surface area contributed by atoms with Gasteiger partial charge >= 0.3 is 0 Å². The average Bonchev–Trinajstić information content (AvgIpc) is 2.47. The Balaban J connectivity index is 2.05. The van der Waals surface area contributed by atoms with Crippen LogP contribution in [0.1, 0.15) is 12.6 Å². The molecule has 3 rings (SSSR count). The summed E-state index contributed by atoms with van der Waals surface area (Å²) in [4.78, 5) is 13.8. The molecule has 1 saturated heterocycles. The van der Waals surface area contributed by atoms with E-state index in [2.05, 4.69) is 40.9 Å². The minimum absolute atomic E-state index is 0.964. The minimum atomic E-state index is 0.964. The van der Waals surface area contributed by atoms with Crippen LogP contribution >= 0.6 is 0 Å². The van der Waals surface area contributed by atoms with E-state index >= 15 is 0 Å². The van der Waals surface area contributed by atoms with Crippen molar-refractivity contribution in [1.29, 1.82) is 0 Å². The zero-order valence-electron chi connectivity index (χ0n) is 11.6. The lowest BCUT2D eigenvalue weighted by atomic mass is 10.1. The second-order valence-electron chi connectivity index (χ2n) is 5.18. The van der Waals surface area contributed by atoms with Gasteiger partial charge in [-0.1, -0.05) is 6.92 Å². The van der Waals surface area contributed by atoms with Gasteiger partial charge in [-0.15, -0.1) is 0 Å². The molecule has 2 aromatic heterocycles. The van der Waals surface area contributed by atoms with Gasteiger partial charge in [-0.3, -0.25) is 4.98 Å². The number of piperazine rings is 1. The van der Waals surface area contributed by atoms with E-state index in [1.54, 1.807) is 0 Å². The highest BCUT2D eigenvalue weighted by molar-refractivity contribution is 5.92. The molecule has 0 bridgehead atoms. The zero-order chi connectivity index (χ0) is 13.2. The topological polar surface area (TPSA) is 32.3 Å². The molecule has 4 heteroatoms. The smallest absolute Gasteiger partial charge is 0.136 e. The van der Waals surface area contributed by atoms with Crippen molar-refractivity contribution in [3.63, 3.8) is 0 Å². The first-order valence-electron chi connectivity index (χ1n) is 6.95. The van der Waals surface area contributed by atoms with Gasteiger partial charge in [-0.25, -0.2) is 4.98 Å². The molecule has 0 spiro atoms. The highest BCUT2D eigenvalue weighted by Gasteiger charge is 2.18. The van der Waals surface area contributed by atoms with E-state index in [-0.39, 0.29) is 0 Å². The van der Waals surface area contributed by atoms with Crippen LogP contribution in [-0.2, 0) is 6.42 Å². The van der Waals surface area contributed by atoms with Crippen molar-refractivity contribution in [1.82, 2.24) is 14.9 Å². The van der Waals surface area contributed by atoms with Gasteiger partial charge in [-0.2, -0.15) is 0 Å². The summed E-state index contributed by atoms with van der Waals surface area (Å²) < 4.78 is 0. The number of aromatic nitrogens is 2. The third-order valence-electron chi connectivity index (χ3n) is 3.83. The van der Waals surface area contributed by atoms with Crippen LogP contribution in [0.25, 0.3) is 10.8 Å². The van der Waals surface area contributed by atoms with Crippen molar-refractivity contribution in [3.8, 4) is 0 Å². The van der Waals surface area contributed by atoms with Gasteiger partial charge in [0.05, 0.1) is 0 Å². The van der Waals surface area contributed by atoms with Crippen molar-refractivity contribution >= 4 is 16.6 Å². The maximum atomic E-state index is 4.85. The maximum absolute atomic E-state index is 4.85. The Kier molecular flexibility index (Phi) is 3.34. The molecule has 0 amide bonds. The molecule has 0 radical (unpaired) electrons. The van der Waals surface area contributed by atoms with E-state index < -0.39 is 0 Å². The van der Waals surface area contributed by atoms with E-state index in [0.29, 0.717) is 0 Å². The monoisotopic (exact) mass is 256 g/mol. The number of hydrogen-bond acceptors (Lipinski definition) is 4. The van der Waals surface area contributed by atoms with E-state index in [0.717, 1.165) is 44.1 Å². The van der Waals surface area contributed by atoms with Crippen LogP contribution in [0.15, 0.2) is 24.5 Å². The number of rotatable bonds is 2. The van der Waals surface area contributed by atoms with E-state index in [9.17, 15) is 0 Å². The lowest BCUT2D eigenvalue weighted by Crippen LogP contribution is -2.45. The predicted octanol–water partition coefficient (Wildman–Crippen LogP) is 1.94. The normalized spacial score (nSPS) is 17.1. The number of anilines is 1. The molecule has 3 heterocycles. The molecule has 2 aromatic rings. The quantitative estimate of drug-likeness (QED) is 0.822. The molecule has 0 aliphatic carbocycles. The molecule has 19 heavy (non-hydrogen) atoms. The van der Waals surface area contributed by atoms with Crippen LogP contribution in [0.2, 0.25) is 0 Å². The largest absolute Gasteiger partial charge is 0.354 e. The van der Waals surface area contributed by atoms with Crippen molar-refractivity contribution in [2.45, 2.75) is 13.3 Å². The molecule has 1 aliphatic heterocycles. The second kappa shape index (κ2) is 5.13. The van der Waals surface area contributed by atoms with Gasteiger partial charge in [0.15, 0.2) is 0 Å². The highest BCUT2D eigenvalue weighted by atomic mass is 15.3. The van der Waals surface area contributed by atoms with Gasteiger partial charge in [0.25, 0.3) is 0 Å². The predicted molar refractivity (Wildman–Crippen MR) is 78.6 cm³/mol. The number of aryl methyl sites for hydroxylation is 1. The third kappa shape index (κ3) is 2.40. The zero-order valence-corrected chi connectivity index (χ0v) is 11.6. The lowest BCUT2D eigenvalue weighted by molar-refractivity contribution is 0.312. The molecule has 0 atom stereocenters. The summed E-state index contributed by atoms with van der Waals surface area (Å²) in [6, 6.07) is 4.23. The lowest BCUT2D eigenvalue weighted by Gasteiger charge is -2.34. The average molecular weight is 256 g/mol. The molecular weight excluding hydrogens is 236 g/mol. The standard InChI is InChI=1S/C15H20N4/c1-3-13-10-12-11-16-5-4-14(12)15(17-13)19-8-6-18(2)7-9-19/h4-5,10-11H,3,6-9H2,1-2H3. The summed E-state index contributed by atoms with van der Waals surface area (Å²) in [5.74, 6) is 1.13. The first kappa shape index (κ1) is 12.4. The van der Waals surface area contributed by atoms with Crippen molar-refractivity contribution in [3.05, 3.63) is 30.2 Å². The number of fused-ring (bicyclic) bond motifs is 1. The molecule has 0 N–H and O–H groups in total. The minimum Gasteiger partial charge on any atom is -0.354 e. The second-order valence-corrected chi connectivity index (χ2v) is 5.18. The summed E-state index contributed by atoms with van der Waals surface area (Å²) in [7, 11) is 2.18. The third-order valence-corrected chi connectivity index (χ3v) is 3.83. The van der Waals surface area contributed by atoms with Crippen LogP contribution in [-0.4, -0.2) is 48.1 Å². The Hall–Kier alpha value is -1.68. The molecule has 0 unspecified atom stereocenters. The van der Waals surface area contributed by atoms with Crippen molar-refractivity contribution in [2.75, 3.05) is 38.1 Å². The van der Waals surface area contributed by atoms with E-state index in [4.69, 9.17) is 4.98 Å². The van der Waals surface area contributed by atoms with Gasteiger partial charge < -0.3 is 9.80 Å². The molecule has 4 nitrogen and oxygen atoms in total. The Labute approximate surface area is 114 Å². The first-order chi connectivity index (χ1) is 9.28.